The van der Waals surface area contributed by atoms with Gasteiger partial charge in [0, 0.05) is 19.5 Å². The minimum absolute atomic E-state index is 0.0701. The van der Waals surface area contributed by atoms with Gasteiger partial charge in [-0.25, -0.2) is 13.4 Å². The van der Waals surface area contributed by atoms with Crippen molar-refractivity contribution in [2.45, 2.75) is 38.5 Å². The van der Waals surface area contributed by atoms with Crippen molar-refractivity contribution >= 4 is 42.4 Å². The highest BCUT2D eigenvalue weighted by Gasteiger charge is 2.22. The Hall–Kier alpha value is -2.49. The predicted octanol–water partition coefficient (Wildman–Crippen LogP) is 4.54. The summed E-state index contributed by atoms with van der Waals surface area (Å²) in [7, 11) is -1.83. The maximum atomic E-state index is 13.3. The number of carbonyl (C=O) groups is 1. The molecule has 0 aliphatic rings. The van der Waals surface area contributed by atoms with Crippen molar-refractivity contribution in [3.63, 3.8) is 0 Å². The fourth-order valence-corrected chi connectivity index (χ4v) is 6.05. The monoisotopic (exact) mass is 503 g/mol. The minimum Gasteiger partial charge on any atom is -0.494 e. The average Bonchev–Trinajstić information content (AvgIpc) is 3.26. The molecule has 1 aromatic heterocycles. The highest BCUT2D eigenvalue weighted by atomic mass is 32.2. The van der Waals surface area contributed by atoms with Gasteiger partial charge in [0.2, 0.25) is 5.91 Å². The quantitative estimate of drug-likeness (QED) is 0.361. The van der Waals surface area contributed by atoms with Gasteiger partial charge in [0.25, 0.3) is 0 Å². The number of nitrogens with zero attached hydrogens (tertiary/aromatic N) is 3. The molecule has 1 heterocycles. The fourth-order valence-electron chi connectivity index (χ4n) is 3.71. The molecule has 0 N–H and O–H groups in total. The van der Waals surface area contributed by atoms with Crippen LogP contribution in [-0.2, 0) is 14.6 Å². The lowest BCUT2D eigenvalue weighted by Crippen LogP contribution is -2.38. The van der Waals surface area contributed by atoms with E-state index in [0.29, 0.717) is 28.9 Å². The van der Waals surface area contributed by atoms with Crippen LogP contribution in [0.5, 0.6) is 5.75 Å². The molecule has 0 unspecified atom stereocenters. The summed E-state index contributed by atoms with van der Waals surface area (Å²) in [5.74, 6) is 0.476. The Morgan fingerprint density at radius 2 is 1.76 bits per heavy atom. The van der Waals surface area contributed by atoms with Crippen molar-refractivity contribution < 1.29 is 17.9 Å². The summed E-state index contributed by atoms with van der Waals surface area (Å²) in [5, 5.41) is 0.609. The second-order valence-corrected chi connectivity index (χ2v) is 11.2. The number of aryl methyl sites for hydroxylation is 1. The molecule has 0 aliphatic heterocycles. The molecule has 3 rings (SSSR count). The van der Waals surface area contributed by atoms with Crippen LogP contribution in [0.25, 0.3) is 10.2 Å². The fraction of sp³-hybridized carbons (Fsp3) is 0.440. The summed E-state index contributed by atoms with van der Waals surface area (Å²) in [5.41, 5.74) is 1.73. The van der Waals surface area contributed by atoms with E-state index in [-0.39, 0.29) is 24.5 Å². The number of para-hydroxylation sites is 1. The van der Waals surface area contributed by atoms with Gasteiger partial charge < -0.3 is 9.64 Å². The molecule has 0 bridgehead atoms. The number of rotatable bonds is 12. The van der Waals surface area contributed by atoms with Gasteiger partial charge in [-0.3, -0.25) is 9.69 Å². The van der Waals surface area contributed by atoms with Gasteiger partial charge in [-0.1, -0.05) is 48.9 Å². The second-order valence-electron chi connectivity index (χ2n) is 8.11. The maximum Gasteiger partial charge on any atom is 0.228 e. The van der Waals surface area contributed by atoms with Gasteiger partial charge in [0.05, 0.1) is 22.5 Å². The first kappa shape index (κ1) is 26.1. The van der Waals surface area contributed by atoms with Crippen molar-refractivity contribution in [2.75, 3.05) is 43.9 Å². The van der Waals surface area contributed by atoms with Crippen molar-refractivity contribution in [3.8, 4) is 5.75 Å². The number of aromatic nitrogens is 1. The van der Waals surface area contributed by atoms with E-state index in [0.717, 1.165) is 28.9 Å². The van der Waals surface area contributed by atoms with E-state index < -0.39 is 9.84 Å². The third-order valence-corrected chi connectivity index (χ3v) is 8.70. The largest absolute Gasteiger partial charge is 0.494 e. The topological polar surface area (TPSA) is 79.8 Å². The molecule has 0 spiro atoms. The van der Waals surface area contributed by atoms with Crippen LogP contribution in [0.2, 0.25) is 0 Å². The standard InChI is InChI=1S/C25H33N3O4S2/c1-5-27(6-2)16-17-28(25-26-24-21(32-4)9-7-10-22(24)33-25)23(29)11-8-18-34(30,31)20-14-12-19(3)13-15-20/h7,9-10,12-15H,5-6,8,11,16-18H2,1-4H3. The first-order valence-electron chi connectivity index (χ1n) is 11.5. The number of amides is 1. The Morgan fingerprint density at radius 1 is 1.06 bits per heavy atom. The van der Waals surface area contributed by atoms with E-state index in [1.165, 1.54) is 11.3 Å². The number of methoxy groups -OCH3 is 1. The zero-order valence-electron chi connectivity index (χ0n) is 20.3. The molecule has 7 nitrogen and oxygen atoms in total. The zero-order valence-corrected chi connectivity index (χ0v) is 21.9. The van der Waals surface area contributed by atoms with Crippen LogP contribution in [0.3, 0.4) is 0 Å². The second kappa shape index (κ2) is 11.8. The van der Waals surface area contributed by atoms with Crippen molar-refractivity contribution in [2.24, 2.45) is 0 Å². The molecule has 34 heavy (non-hydrogen) atoms. The Labute approximate surface area is 206 Å². The number of carbonyl (C=O) groups excluding carboxylic acids is 1. The molecule has 3 aromatic rings. The van der Waals surface area contributed by atoms with E-state index in [2.05, 4.69) is 18.7 Å². The van der Waals surface area contributed by atoms with E-state index >= 15 is 0 Å². The molecule has 2 aromatic carbocycles. The van der Waals surface area contributed by atoms with Gasteiger partial charge in [-0.15, -0.1) is 0 Å². The number of anilines is 1. The van der Waals surface area contributed by atoms with Crippen molar-refractivity contribution in [1.82, 2.24) is 9.88 Å². The van der Waals surface area contributed by atoms with Crippen molar-refractivity contribution in [1.29, 1.82) is 0 Å². The SMILES string of the molecule is CCN(CC)CCN(C(=O)CCCS(=O)(=O)c1ccc(C)cc1)c1nc2c(OC)cccc2s1. The normalized spacial score (nSPS) is 11.8. The van der Waals surface area contributed by atoms with Gasteiger partial charge in [-0.05, 0) is 50.7 Å². The molecule has 0 saturated heterocycles. The summed E-state index contributed by atoms with van der Waals surface area (Å²) >= 11 is 1.44. The third-order valence-electron chi connectivity index (χ3n) is 5.84. The third kappa shape index (κ3) is 6.34. The first-order valence-corrected chi connectivity index (χ1v) is 14.0. The molecule has 0 radical (unpaired) electrons. The number of sulfone groups is 1. The number of ether oxygens (including phenoxy) is 1. The number of hydrogen-bond donors (Lipinski definition) is 0. The summed E-state index contributed by atoms with van der Waals surface area (Å²) in [4.78, 5) is 22.2. The highest BCUT2D eigenvalue weighted by Crippen LogP contribution is 2.34. The van der Waals surface area contributed by atoms with Gasteiger partial charge >= 0.3 is 0 Å². The molecule has 1 amide bonds. The maximum absolute atomic E-state index is 13.3. The number of hydrogen-bond acceptors (Lipinski definition) is 7. The summed E-state index contributed by atoms with van der Waals surface area (Å²) in [6, 6.07) is 12.5. The van der Waals surface area contributed by atoms with Crippen LogP contribution in [0.4, 0.5) is 5.13 Å². The first-order chi connectivity index (χ1) is 16.3. The van der Waals surface area contributed by atoms with Crippen LogP contribution in [0.1, 0.15) is 32.3 Å². The Balaban J connectivity index is 1.76. The summed E-state index contributed by atoms with van der Waals surface area (Å²) in [6.45, 7) is 9.09. The van der Waals surface area contributed by atoms with E-state index in [9.17, 15) is 13.2 Å². The number of benzene rings is 2. The molecule has 0 atom stereocenters. The summed E-state index contributed by atoms with van der Waals surface area (Å²) in [6.07, 6.45) is 0.390. The molecule has 184 valence electrons. The van der Waals surface area contributed by atoms with Crippen LogP contribution < -0.4 is 9.64 Å². The van der Waals surface area contributed by atoms with Crippen LogP contribution in [-0.4, -0.2) is 63.3 Å². The smallest absolute Gasteiger partial charge is 0.228 e. The van der Waals surface area contributed by atoms with Crippen LogP contribution in [0.15, 0.2) is 47.4 Å². The lowest BCUT2D eigenvalue weighted by molar-refractivity contribution is -0.118. The minimum atomic E-state index is -3.43. The van der Waals surface area contributed by atoms with Gasteiger partial charge in [-0.2, -0.15) is 0 Å². The predicted molar refractivity (Wildman–Crippen MR) is 139 cm³/mol. The van der Waals surface area contributed by atoms with Gasteiger partial charge in [0.1, 0.15) is 11.3 Å². The average molecular weight is 504 g/mol. The van der Waals surface area contributed by atoms with E-state index in [1.807, 2.05) is 25.1 Å². The van der Waals surface area contributed by atoms with Crippen LogP contribution >= 0.6 is 11.3 Å². The molecule has 0 saturated carbocycles. The molecule has 0 fully saturated rings. The number of fused-ring (bicyclic) bond motifs is 1. The molecular formula is C25H33N3O4S2. The van der Waals surface area contributed by atoms with E-state index in [4.69, 9.17) is 9.72 Å². The summed E-state index contributed by atoms with van der Waals surface area (Å²) < 4.78 is 31.8. The van der Waals surface area contributed by atoms with Gasteiger partial charge in [0.15, 0.2) is 15.0 Å². The highest BCUT2D eigenvalue weighted by molar-refractivity contribution is 7.91. The number of thiazole rings is 1. The molecule has 9 heteroatoms. The van der Waals surface area contributed by atoms with E-state index in [1.54, 1.807) is 36.3 Å². The number of likely N-dealkylation sites (N-methyl/N-ethyl adjacent to an activating group) is 1. The lowest BCUT2D eigenvalue weighted by atomic mass is 10.2. The van der Waals surface area contributed by atoms with Crippen molar-refractivity contribution in [3.05, 3.63) is 48.0 Å². The van der Waals surface area contributed by atoms with Crippen LogP contribution in [0, 0.1) is 6.92 Å². The Morgan fingerprint density at radius 3 is 2.41 bits per heavy atom. The zero-order chi connectivity index (χ0) is 24.7. The Bertz CT molecular complexity index is 1200. The molecule has 0 aliphatic carbocycles. The molecular weight excluding hydrogens is 470 g/mol. The lowest BCUT2D eigenvalue weighted by Gasteiger charge is -2.24. The Kier molecular flexibility index (Phi) is 9.04.